The van der Waals surface area contributed by atoms with E-state index in [1.54, 1.807) is 0 Å². The molecule has 3 atom stereocenters. The van der Waals surface area contributed by atoms with Crippen LogP contribution >= 0.6 is 15.9 Å². The SMILES string of the molecule is C[C@H]1C[NH+](C[C@H](O)COc2ccccc2Br)C[C@H](C)O1. The fourth-order valence-corrected chi connectivity index (χ4v) is 3.10. The Balaban J connectivity index is 1.78. The molecule has 0 unspecified atom stereocenters. The van der Waals surface area contributed by atoms with Crippen molar-refractivity contribution in [2.75, 3.05) is 26.2 Å². The molecule has 1 aliphatic rings. The topological polar surface area (TPSA) is 43.1 Å². The van der Waals surface area contributed by atoms with E-state index in [2.05, 4.69) is 29.8 Å². The summed E-state index contributed by atoms with van der Waals surface area (Å²) in [6.07, 6.45) is 0.0462. The molecule has 1 saturated heterocycles. The first-order valence-electron chi connectivity index (χ1n) is 7.09. The van der Waals surface area contributed by atoms with Crippen molar-refractivity contribution < 1.29 is 19.5 Å². The number of rotatable bonds is 5. The van der Waals surface area contributed by atoms with Crippen LogP contribution in [0.4, 0.5) is 0 Å². The van der Waals surface area contributed by atoms with Gasteiger partial charge in [0.1, 0.15) is 50.3 Å². The number of halogens is 1. The second-order valence-electron chi connectivity index (χ2n) is 5.51. The van der Waals surface area contributed by atoms with Crippen molar-refractivity contribution in [2.45, 2.75) is 32.2 Å². The Morgan fingerprint density at radius 3 is 2.65 bits per heavy atom. The number of ether oxygens (including phenoxy) is 2. The number of quaternary nitrogens is 1. The van der Waals surface area contributed by atoms with Crippen LogP contribution in [-0.2, 0) is 4.74 Å². The lowest BCUT2D eigenvalue weighted by atomic mass is 10.2. The van der Waals surface area contributed by atoms with Crippen LogP contribution in [0, 0.1) is 0 Å². The fourth-order valence-electron chi connectivity index (χ4n) is 2.70. The van der Waals surface area contributed by atoms with Gasteiger partial charge in [0, 0.05) is 0 Å². The highest BCUT2D eigenvalue weighted by molar-refractivity contribution is 9.10. The van der Waals surface area contributed by atoms with E-state index in [-0.39, 0.29) is 12.2 Å². The summed E-state index contributed by atoms with van der Waals surface area (Å²) >= 11 is 3.43. The molecule has 4 nitrogen and oxygen atoms in total. The Morgan fingerprint density at radius 2 is 2.00 bits per heavy atom. The molecular weight excluding hydrogens is 322 g/mol. The van der Waals surface area contributed by atoms with E-state index in [1.165, 1.54) is 4.90 Å². The predicted molar refractivity (Wildman–Crippen MR) is 81.2 cm³/mol. The molecular formula is C15H23BrNO3+. The first kappa shape index (κ1) is 15.8. The molecule has 0 aliphatic carbocycles. The molecule has 1 heterocycles. The average molecular weight is 345 g/mol. The third kappa shape index (κ3) is 4.74. The maximum atomic E-state index is 10.1. The van der Waals surface area contributed by atoms with Gasteiger partial charge in [-0.05, 0) is 41.9 Å². The molecule has 0 radical (unpaired) electrons. The molecule has 1 aromatic carbocycles. The van der Waals surface area contributed by atoms with Crippen molar-refractivity contribution in [3.05, 3.63) is 28.7 Å². The highest BCUT2D eigenvalue weighted by Gasteiger charge is 2.27. The van der Waals surface area contributed by atoms with E-state index < -0.39 is 6.10 Å². The molecule has 112 valence electrons. The molecule has 1 fully saturated rings. The lowest BCUT2D eigenvalue weighted by Crippen LogP contribution is -3.16. The smallest absolute Gasteiger partial charge is 0.137 e. The zero-order valence-electron chi connectivity index (χ0n) is 12.0. The minimum absolute atomic E-state index is 0.255. The molecule has 0 aromatic heterocycles. The molecule has 0 spiro atoms. The van der Waals surface area contributed by atoms with Gasteiger partial charge in [0.2, 0.25) is 0 Å². The number of benzene rings is 1. The Bertz CT molecular complexity index is 419. The van der Waals surface area contributed by atoms with E-state index >= 15 is 0 Å². The maximum absolute atomic E-state index is 10.1. The van der Waals surface area contributed by atoms with E-state index in [1.807, 2.05) is 24.3 Å². The van der Waals surface area contributed by atoms with Gasteiger partial charge in [0.25, 0.3) is 0 Å². The van der Waals surface area contributed by atoms with Gasteiger partial charge < -0.3 is 19.5 Å². The van der Waals surface area contributed by atoms with Crippen molar-refractivity contribution in [3.8, 4) is 5.75 Å². The zero-order chi connectivity index (χ0) is 14.5. The monoisotopic (exact) mass is 344 g/mol. The third-order valence-electron chi connectivity index (χ3n) is 3.41. The van der Waals surface area contributed by atoms with Gasteiger partial charge in [-0.2, -0.15) is 0 Å². The molecule has 20 heavy (non-hydrogen) atoms. The number of aliphatic hydroxyl groups excluding tert-OH is 1. The van der Waals surface area contributed by atoms with Crippen molar-refractivity contribution in [2.24, 2.45) is 0 Å². The Labute approximate surface area is 128 Å². The Hall–Kier alpha value is -0.620. The standard InChI is InChI=1S/C15H22BrNO3/c1-11-7-17(8-12(2)20-11)9-13(18)10-19-15-6-4-3-5-14(15)16/h3-6,11-13,18H,7-10H2,1-2H3/p+1/t11-,12-,13-/m0/s1. The molecule has 0 saturated carbocycles. The fraction of sp³-hybridized carbons (Fsp3) is 0.600. The van der Waals surface area contributed by atoms with Crippen molar-refractivity contribution in [3.63, 3.8) is 0 Å². The van der Waals surface area contributed by atoms with Crippen LogP contribution in [0.1, 0.15) is 13.8 Å². The largest absolute Gasteiger partial charge is 0.489 e. The van der Waals surface area contributed by atoms with Crippen LogP contribution < -0.4 is 9.64 Å². The minimum Gasteiger partial charge on any atom is -0.489 e. The number of para-hydroxylation sites is 1. The summed E-state index contributed by atoms with van der Waals surface area (Å²) in [5.74, 6) is 0.769. The summed E-state index contributed by atoms with van der Waals surface area (Å²) in [4.78, 5) is 1.37. The second kappa shape index (κ2) is 7.41. The summed E-state index contributed by atoms with van der Waals surface area (Å²) in [6.45, 7) is 7.06. The van der Waals surface area contributed by atoms with Crippen LogP contribution in [0.2, 0.25) is 0 Å². The third-order valence-corrected chi connectivity index (χ3v) is 4.06. The van der Waals surface area contributed by atoms with Crippen LogP contribution in [0.15, 0.2) is 28.7 Å². The minimum atomic E-state index is -0.463. The number of morpholine rings is 1. The highest BCUT2D eigenvalue weighted by atomic mass is 79.9. The normalized spacial score (nSPS) is 28.1. The average Bonchev–Trinajstić information content (AvgIpc) is 2.36. The quantitative estimate of drug-likeness (QED) is 0.833. The van der Waals surface area contributed by atoms with Gasteiger partial charge in [-0.3, -0.25) is 0 Å². The summed E-state index contributed by atoms with van der Waals surface area (Å²) in [7, 11) is 0. The van der Waals surface area contributed by atoms with Crippen LogP contribution in [0.5, 0.6) is 5.75 Å². The number of aliphatic hydroxyl groups is 1. The van der Waals surface area contributed by atoms with Gasteiger partial charge >= 0.3 is 0 Å². The Morgan fingerprint density at radius 1 is 1.35 bits per heavy atom. The molecule has 0 amide bonds. The van der Waals surface area contributed by atoms with Crippen LogP contribution in [-0.4, -0.2) is 49.7 Å². The predicted octanol–water partition coefficient (Wildman–Crippen LogP) is 0.881. The van der Waals surface area contributed by atoms with E-state index in [0.29, 0.717) is 13.2 Å². The second-order valence-corrected chi connectivity index (χ2v) is 6.37. The Kier molecular flexibility index (Phi) is 5.84. The lowest BCUT2D eigenvalue weighted by molar-refractivity contribution is -0.918. The van der Waals surface area contributed by atoms with Crippen molar-refractivity contribution in [1.82, 2.24) is 0 Å². The molecule has 1 aromatic rings. The first-order chi connectivity index (χ1) is 9.54. The van der Waals surface area contributed by atoms with E-state index in [9.17, 15) is 5.11 Å². The maximum Gasteiger partial charge on any atom is 0.137 e. The molecule has 1 aliphatic heterocycles. The van der Waals surface area contributed by atoms with Crippen LogP contribution in [0.3, 0.4) is 0 Å². The van der Waals surface area contributed by atoms with Gasteiger partial charge in [0.05, 0.1) is 4.47 Å². The van der Waals surface area contributed by atoms with Gasteiger partial charge in [-0.25, -0.2) is 0 Å². The van der Waals surface area contributed by atoms with Crippen LogP contribution in [0.25, 0.3) is 0 Å². The summed E-state index contributed by atoms with van der Waals surface area (Å²) < 4.78 is 12.3. The van der Waals surface area contributed by atoms with E-state index in [4.69, 9.17) is 9.47 Å². The summed E-state index contributed by atoms with van der Waals surface area (Å²) in [5, 5.41) is 10.1. The number of hydrogen-bond donors (Lipinski definition) is 2. The van der Waals surface area contributed by atoms with E-state index in [0.717, 1.165) is 23.3 Å². The summed E-state index contributed by atoms with van der Waals surface area (Å²) in [6, 6.07) is 7.68. The highest BCUT2D eigenvalue weighted by Crippen LogP contribution is 2.23. The molecule has 2 N–H and O–H groups in total. The molecule has 5 heteroatoms. The van der Waals surface area contributed by atoms with Crippen molar-refractivity contribution >= 4 is 15.9 Å². The summed E-state index contributed by atoms with van der Waals surface area (Å²) in [5.41, 5.74) is 0. The van der Waals surface area contributed by atoms with Gasteiger partial charge in [0.15, 0.2) is 0 Å². The molecule has 2 rings (SSSR count). The van der Waals surface area contributed by atoms with Crippen molar-refractivity contribution in [1.29, 1.82) is 0 Å². The number of hydrogen-bond acceptors (Lipinski definition) is 3. The van der Waals surface area contributed by atoms with Gasteiger partial charge in [-0.1, -0.05) is 12.1 Å². The number of nitrogens with one attached hydrogen (secondary N) is 1. The first-order valence-corrected chi connectivity index (χ1v) is 7.88. The zero-order valence-corrected chi connectivity index (χ0v) is 13.6. The van der Waals surface area contributed by atoms with Gasteiger partial charge in [-0.15, -0.1) is 0 Å². The lowest BCUT2D eigenvalue weighted by Gasteiger charge is -2.33. The molecule has 0 bridgehead atoms.